The Bertz CT molecular complexity index is 319. The zero-order valence-corrected chi connectivity index (χ0v) is 14.5. The van der Waals surface area contributed by atoms with Crippen LogP contribution in [0.2, 0.25) is 0 Å². The van der Waals surface area contributed by atoms with Crippen molar-refractivity contribution < 1.29 is 5.21 Å². The first kappa shape index (κ1) is 17.2. The van der Waals surface area contributed by atoms with E-state index in [9.17, 15) is 5.21 Å². The maximum Gasteiger partial charge on any atom is 0.0425 e. The van der Waals surface area contributed by atoms with Gasteiger partial charge in [0.2, 0.25) is 0 Å². The van der Waals surface area contributed by atoms with Crippen LogP contribution in [-0.4, -0.2) is 83.5 Å². The molecule has 0 radical (unpaired) electrons. The maximum atomic E-state index is 10.3. The smallest absolute Gasteiger partial charge is 0.0425 e. The number of piperazine rings is 1. The summed E-state index contributed by atoms with van der Waals surface area (Å²) < 4.78 is 0. The van der Waals surface area contributed by atoms with Gasteiger partial charge in [-0.2, -0.15) is 5.06 Å². The molecule has 0 saturated carbocycles. The van der Waals surface area contributed by atoms with Crippen molar-refractivity contribution in [1.82, 2.24) is 20.2 Å². The van der Waals surface area contributed by atoms with Crippen LogP contribution in [0, 0.1) is 0 Å². The van der Waals surface area contributed by atoms with Crippen molar-refractivity contribution in [3.8, 4) is 0 Å². The quantitative estimate of drug-likeness (QED) is 0.817. The Kier molecular flexibility index (Phi) is 5.31. The number of nitrogens with zero attached hydrogens (tertiary/aromatic N) is 3. The molecule has 0 aromatic heterocycles. The van der Waals surface area contributed by atoms with Crippen LogP contribution in [0.1, 0.15) is 40.5 Å². The van der Waals surface area contributed by atoms with E-state index >= 15 is 0 Å². The first-order valence-electron chi connectivity index (χ1n) is 8.34. The van der Waals surface area contributed by atoms with Gasteiger partial charge in [-0.3, -0.25) is 4.90 Å². The fourth-order valence-corrected chi connectivity index (χ4v) is 3.91. The van der Waals surface area contributed by atoms with E-state index in [1.807, 2.05) is 0 Å². The summed E-state index contributed by atoms with van der Waals surface area (Å²) in [6, 6.07) is 0.492. The highest BCUT2D eigenvalue weighted by Gasteiger charge is 2.44. The molecule has 5 heteroatoms. The Morgan fingerprint density at radius 1 is 1.00 bits per heavy atom. The van der Waals surface area contributed by atoms with Gasteiger partial charge in [-0.15, -0.1) is 0 Å². The third-order valence-corrected chi connectivity index (χ3v) is 5.10. The zero-order chi connectivity index (χ0) is 15.7. The monoisotopic (exact) mass is 298 g/mol. The molecule has 0 aromatic rings. The van der Waals surface area contributed by atoms with Gasteiger partial charge >= 0.3 is 0 Å². The molecule has 0 spiro atoms. The molecule has 5 nitrogen and oxygen atoms in total. The van der Waals surface area contributed by atoms with Crippen LogP contribution < -0.4 is 5.32 Å². The molecule has 2 N–H and O–H groups in total. The number of likely N-dealkylation sites (N-methyl/N-ethyl adjacent to an activating group) is 1. The molecule has 0 aliphatic carbocycles. The summed E-state index contributed by atoms with van der Waals surface area (Å²) in [4.78, 5) is 4.94. The second-order valence-electron chi connectivity index (χ2n) is 8.14. The molecule has 2 aliphatic rings. The molecule has 2 heterocycles. The molecule has 2 rings (SSSR count). The fourth-order valence-electron chi connectivity index (χ4n) is 3.91. The first-order chi connectivity index (χ1) is 9.71. The van der Waals surface area contributed by atoms with Gasteiger partial charge in [0.1, 0.15) is 0 Å². The van der Waals surface area contributed by atoms with Crippen LogP contribution >= 0.6 is 0 Å². The van der Waals surface area contributed by atoms with E-state index in [2.05, 4.69) is 49.9 Å². The van der Waals surface area contributed by atoms with Crippen LogP contribution in [0.15, 0.2) is 0 Å². The van der Waals surface area contributed by atoms with Gasteiger partial charge in [-0.25, -0.2) is 0 Å². The molecule has 2 saturated heterocycles. The standard InChI is InChI=1S/C16H34N4O/c1-15(2)12-14(13-16(3,4)20(15)21)17-6-7-19-10-8-18(5)9-11-19/h14,17,21H,6-13H2,1-5H3. The Labute approximate surface area is 130 Å². The summed E-state index contributed by atoms with van der Waals surface area (Å²) in [7, 11) is 2.20. The Morgan fingerprint density at radius 3 is 2.05 bits per heavy atom. The fraction of sp³-hybridized carbons (Fsp3) is 1.00. The summed E-state index contributed by atoms with van der Waals surface area (Å²) >= 11 is 0. The topological polar surface area (TPSA) is 42.0 Å². The summed E-state index contributed by atoms with van der Waals surface area (Å²) in [6.07, 6.45) is 1.99. The van der Waals surface area contributed by atoms with Crippen molar-refractivity contribution in [3.05, 3.63) is 0 Å². The molecule has 0 amide bonds. The van der Waals surface area contributed by atoms with E-state index in [-0.39, 0.29) is 11.1 Å². The van der Waals surface area contributed by atoms with Crippen LogP contribution in [0.5, 0.6) is 0 Å². The number of rotatable bonds is 4. The van der Waals surface area contributed by atoms with E-state index in [4.69, 9.17) is 0 Å². The lowest BCUT2D eigenvalue weighted by molar-refractivity contribution is -0.246. The first-order valence-corrected chi connectivity index (χ1v) is 8.34. The van der Waals surface area contributed by atoms with Gasteiger partial charge in [0.15, 0.2) is 0 Å². The van der Waals surface area contributed by atoms with Gasteiger partial charge < -0.3 is 15.4 Å². The summed E-state index contributed by atoms with van der Waals surface area (Å²) in [6.45, 7) is 15.4. The highest BCUT2D eigenvalue weighted by atomic mass is 16.5. The van der Waals surface area contributed by atoms with Crippen LogP contribution in [0.25, 0.3) is 0 Å². The van der Waals surface area contributed by atoms with Crippen LogP contribution in [0.3, 0.4) is 0 Å². The largest absolute Gasteiger partial charge is 0.313 e. The number of hydrogen-bond acceptors (Lipinski definition) is 5. The number of piperidine rings is 1. The summed E-state index contributed by atoms with van der Waals surface area (Å²) in [5, 5.41) is 15.6. The second-order valence-corrected chi connectivity index (χ2v) is 8.14. The van der Waals surface area contributed by atoms with Gasteiger partial charge in [-0.05, 0) is 47.6 Å². The normalized spacial score (nSPS) is 28.9. The van der Waals surface area contributed by atoms with E-state index in [0.29, 0.717) is 6.04 Å². The molecular weight excluding hydrogens is 264 g/mol. The van der Waals surface area contributed by atoms with Crippen molar-refractivity contribution in [2.75, 3.05) is 46.3 Å². The minimum absolute atomic E-state index is 0.159. The molecule has 0 aromatic carbocycles. The van der Waals surface area contributed by atoms with E-state index in [0.717, 1.165) is 25.9 Å². The second kappa shape index (κ2) is 6.50. The van der Waals surface area contributed by atoms with Gasteiger partial charge in [-0.1, -0.05) is 0 Å². The Morgan fingerprint density at radius 2 is 1.52 bits per heavy atom. The van der Waals surface area contributed by atoms with Crippen LogP contribution in [0.4, 0.5) is 0 Å². The number of hydrogen-bond donors (Lipinski definition) is 2. The average molecular weight is 298 g/mol. The van der Waals surface area contributed by atoms with Gasteiger partial charge in [0.05, 0.1) is 0 Å². The zero-order valence-electron chi connectivity index (χ0n) is 14.5. The third-order valence-electron chi connectivity index (χ3n) is 5.10. The minimum Gasteiger partial charge on any atom is -0.313 e. The van der Waals surface area contributed by atoms with E-state index in [1.165, 1.54) is 26.2 Å². The molecular formula is C16H34N4O. The van der Waals surface area contributed by atoms with Crippen molar-refractivity contribution in [1.29, 1.82) is 0 Å². The SMILES string of the molecule is CN1CCN(CCNC2CC(C)(C)N(O)C(C)(C)C2)CC1. The molecule has 21 heavy (non-hydrogen) atoms. The maximum absolute atomic E-state index is 10.3. The molecule has 2 fully saturated rings. The average Bonchev–Trinajstić information content (AvgIpc) is 2.38. The minimum atomic E-state index is -0.159. The third kappa shape index (κ3) is 4.39. The number of hydroxylamine groups is 2. The van der Waals surface area contributed by atoms with Crippen molar-refractivity contribution >= 4 is 0 Å². The molecule has 0 atom stereocenters. The molecule has 0 unspecified atom stereocenters. The van der Waals surface area contributed by atoms with E-state index < -0.39 is 0 Å². The van der Waals surface area contributed by atoms with E-state index in [1.54, 1.807) is 5.06 Å². The molecule has 0 bridgehead atoms. The lowest BCUT2D eigenvalue weighted by atomic mass is 9.79. The van der Waals surface area contributed by atoms with Gasteiger partial charge in [0.25, 0.3) is 0 Å². The summed E-state index contributed by atoms with van der Waals surface area (Å²) in [5.41, 5.74) is -0.319. The lowest BCUT2D eigenvalue weighted by Gasteiger charge is -2.51. The lowest BCUT2D eigenvalue weighted by Crippen LogP contribution is -2.62. The van der Waals surface area contributed by atoms with Crippen molar-refractivity contribution in [2.45, 2.75) is 57.7 Å². The predicted octanol–water partition coefficient (Wildman–Crippen LogP) is 1.23. The molecule has 124 valence electrons. The Hall–Kier alpha value is -0.200. The number of nitrogens with one attached hydrogen (secondary N) is 1. The highest BCUT2D eigenvalue weighted by Crippen LogP contribution is 2.36. The summed E-state index contributed by atoms with van der Waals surface area (Å²) in [5.74, 6) is 0. The van der Waals surface area contributed by atoms with Crippen molar-refractivity contribution in [3.63, 3.8) is 0 Å². The molecule has 2 aliphatic heterocycles. The van der Waals surface area contributed by atoms with Gasteiger partial charge in [0, 0.05) is 56.4 Å². The van der Waals surface area contributed by atoms with Crippen LogP contribution in [-0.2, 0) is 0 Å². The predicted molar refractivity (Wildman–Crippen MR) is 86.7 cm³/mol. The van der Waals surface area contributed by atoms with Crippen molar-refractivity contribution in [2.24, 2.45) is 0 Å². The Balaban J connectivity index is 1.76. The highest BCUT2D eigenvalue weighted by molar-refractivity contribution is 4.98.